The lowest BCUT2D eigenvalue weighted by Gasteiger charge is -2.13. The summed E-state index contributed by atoms with van der Waals surface area (Å²) in [7, 11) is 2.90. The van der Waals surface area contributed by atoms with E-state index in [4.69, 9.17) is 9.47 Å². The van der Waals surface area contributed by atoms with E-state index < -0.39 is 5.97 Å². The highest BCUT2D eigenvalue weighted by atomic mass is 16.5. The van der Waals surface area contributed by atoms with E-state index in [0.717, 1.165) is 24.1 Å². The lowest BCUT2D eigenvalue weighted by molar-refractivity contribution is 0.0596. The van der Waals surface area contributed by atoms with Crippen LogP contribution in [0.2, 0.25) is 0 Å². The van der Waals surface area contributed by atoms with Gasteiger partial charge in [-0.2, -0.15) is 0 Å². The number of hydrogen-bond donors (Lipinski definition) is 0. The molecule has 0 N–H and O–H groups in total. The van der Waals surface area contributed by atoms with Crippen molar-refractivity contribution in [2.75, 3.05) is 14.2 Å². The Kier molecular flexibility index (Phi) is 4.28. The topological polar surface area (TPSA) is 48.4 Å². The van der Waals surface area contributed by atoms with Gasteiger partial charge in [0, 0.05) is 17.5 Å². The summed E-state index contributed by atoms with van der Waals surface area (Å²) in [4.78, 5) is 15.8. The number of rotatable bonds is 4. The number of carbonyl (C=O) groups is 1. The van der Waals surface area contributed by atoms with Crippen LogP contribution >= 0.6 is 0 Å². The monoisotopic (exact) mass is 223 g/mol. The van der Waals surface area contributed by atoms with Crippen LogP contribution in [0.3, 0.4) is 0 Å². The maximum atomic E-state index is 11.5. The van der Waals surface area contributed by atoms with Gasteiger partial charge in [0.15, 0.2) is 0 Å². The normalized spacial score (nSPS) is 10.0. The average molecular weight is 223 g/mol. The number of hydrogen-bond acceptors (Lipinski definition) is 4. The van der Waals surface area contributed by atoms with E-state index in [1.165, 1.54) is 13.3 Å². The van der Waals surface area contributed by atoms with Crippen LogP contribution in [0.5, 0.6) is 5.75 Å². The molecule has 0 aliphatic heterocycles. The molecule has 0 fully saturated rings. The smallest absolute Gasteiger partial charge is 0.343 e. The number of nitrogens with zero attached hydrogens (tertiary/aromatic N) is 1. The maximum Gasteiger partial charge on any atom is 0.343 e. The van der Waals surface area contributed by atoms with Crippen molar-refractivity contribution in [2.45, 2.75) is 26.7 Å². The second-order valence-electron chi connectivity index (χ2n) is 3.33. The highest BCUT2D eigenvalue weighted by molar-refractivity contribution is 5.92. The molecule has 0 atom stereocenters. The van der Waals surface area contributed by atoms with Gasteiger partial charge in [-0.05, 0) is 12.8 Å². The molecule has 0 aromatic carbocycles. The summed E-state index contributed by atoms with van der Waals surface area (Å²) in [6.45, 7) is 4.04. The average Bonchev–Trinajstić information content (AvgIpc) is 2.35. The molecule has 0 bridgehead atoms. The van der Waals surface area contributed by atoms with Gasteiger partial charge in [-0.25, -0.2) is 4.79 Å². The molecule has 16 heavy (non-hydrogen) atoms. The van der Waals surface area contributed by atoms with Crippen LogP contribution in [0.15, 0.2) is 6.20 Å². The SMILES string of the molecule is CCc1ncc(C(=O)OC)c(OC)c1CC. The minimum Gasteiger partial charge on any atom is -0.495 e. The molecule has 0 amide bonds. The predicted octanol–water partition coefficient (Wildman–Crippen LogP) is 2.00. The van der Waals surface area contributed by atoms with Crippen molar-refractivity contribution < 1.29 is 14.3 Å². The van der Waals surface area contributed by atoms with E-state index in [9.17, 15) is 4.79 Å². The van der Waals surface area contributed by atoms with Gasteiger partial charge in [0.25, 0.3) is 0 Å². The Labute approximate surface area is 95.6 Å². The standard InChI is InChI=1S/C12H17NO3/c1-5-8-10(6-2)13-7-9(11(8)15-3)12(14)16-4/h7H,5-6H2,1-4H3. The van der Waals surface area contributed by atoms with Crippen molar-refractivity contribution in [3.05, 3.63) is 23.0 Å². The van der Waals surface area contributed by atoms with E-state index >= 15 is 0 Å². The van der Waals surface area contributed by atoms with Gasteiger partial charge < -0.3 is 9.47 Å². The van der Waals surface area contributed by atoms with E-state index in [1.807, 2.05) is 13.8 Å². The van der Waals surface area contributed by atoms with Crippen LogP contribution in [0.25, 0.3) is 0 Å². The van der Waals surface area contributed by atoms with Gasteiger partial charge in [0.1, 0.15) is 11.3 Å². The molecule has 4 heteroatoms. The third kappa shape index (κ3) is 2.15. The van der Waals surface area contributed by atoms with Crippen LogP contribution < -0.4 is 4.74 Å². The predicted molar refractivity (Wildman–Crippen MR) is 60.9 cm³/mol. The summed E-state index contributed by atoms with van der Waals surface area (Å²) >= 11 is 0. The van der Waals surface area contributed by atoms with Gasteiger partial charge >= 0.3 is 5.97 Å². The zero-order valence-corrected chi connectivity index (χ0v) is 10.2. The Morgan fingerprint density at radius 1 is 1.31 bits per heavy atom. The Hall–Kier alpha value is -1.58. The molecule has 0 aliphatic carbocycles. The van der Waals surface area contributed by atoms with Gasteiger partial charge in [-0.3, -0.25) is 4.98 Å². The van der Waals surface area contributed by atoms with Gasteiger partial charge in [-0.15, -0.1) is 0 Å². The van der Waals surface area contributed by atoms with Crippen LogP contribution in [-0.4, -0.2) is 25.2 Å². The fraction of sp³-hybridized carbons (Fsp3) is 0.500. The van der Waals surface area contributed by atoms with E-state index in [-0.39, 0.29) is 0 Å². The second-order valence-corrected chi connectivity index (χ2v) is 3.33. The van der Waals surface area contributed by atoms with Crippen LogP contribution in [0, 0.1) is 0 Å². The first-order chi connectivity index (χ1) is 7.69. The summed E-state index contributed by atoms with van der Waals surface area (Å²) in [5.74, 6) is 0.169. The van der Waals surface area contributed by atoms with Gasteiger partial charge in [0.2, 0.25) is 0 Å². The van der Waals surface area contributed by atoms with Crippen LogP contribution in [0.1, 0.15) is 35.5 Å². The third-order valence-electron chi connectivity index (χ3n) is 2.51. The number of aromatic nitrogens is 1. The Morgan fingerprint density at radius 2 is 2.00 bits per heavy atom. The maximum absolute atomic E-state index is 11.5. The highest BCUT2D eigenvalue weighted by Gasteiger charge is 2.18. The Morgan fingerprint density at radius 3 is 2.44 bits per heavy atom. The lowest BCUT2D eigenvalue weighted by atomic mass is 10.0. The quantitative estimate of drug-likeness (QED) is 0.732. The Bertz CT molecular complexity index is 388. The number of carbonyl (C=O) groups excluding carboxylic acids is 1. The van der Waals surface area contributed by atoms with Gasteiger partial charge in [0.05, 0.1) is 14.2 Å². The van der Waals surface area contributed by atoms with E-state index in [0.29, 0.717) is 11.3 Å². The van der Waals surface area contributed by atoms with Crippen molar-refractivity contribution in [1.29, 1.82) is 0 Å². The molecule has 0 unspecified atom stereocenters. The molecule has 0 saturated heterocycles. The number of pyridine rings is 1. The molecule has 88 valence electrons. The number of methoxy groups -OCH3 is 2. The van der Waals surface area contributed by atoms with Crippen molar-refractivity contribution in [1.82, 2.24) is 4.98 Å². The molecule has 0 aliphatic rings. The zero-order valence-electron chi connectivity index (χ0n) is 10.2. The summed E-state index contributed by atoms with van der Waals surface area (Å²) in [6.07, 6.45) is 3.12. The first-order valence-corrected chi connectivity index (χ1v) is 5.32. The lowest BCUT2D eigenvalue weighted by Crippen LogP contribution is -2.09. The van der Waals surface area contributed by atoms with Crippen molar-refractivity contribution >= 4 is 5.97 Å². The fourth-order valence-corrected chi connectivity index (χ4v) is 1.73. The summed E-state index contributed by atoms with van der Waals surface area (Å²) in [5.41, 5.74) is 2.33. The van der Waals surface area contributed by atoms with E-state index in [1.54, 1.807) is 7.11 Å². The number of aryl methyl sites for hydroxylation is 1. The number of esters is 1. The van der Waals surface area contributed by atoms with Crippen molar-refractivity contribution in [2.24, 2.45) is 0 Å². The van der Waals surface area contributed by atoms with E-state index in [2.05, 4.69) is 4.98 Å². The molecular formula is C12H17NO3. The minimum absolute atomic E-state index is 0.388. The van der Waals surface area contributed by atoms with Gasteiger partial charge in [-0.1, -0.05) is 13.8 Å². The van der Waals surface area contributed by atoms with Crippen molar-refractivity contribution in [3.8, 4) is 5.75 Å². The first-order valence-electron chi connectivity index (χ1n) is 5.32. The summed E-state index contributed by atoms with van der Waals surface area (Å²) < 4.78 is 9.98. The van der Waals surface area contributed by atoms with Crippen molar-refractivity contribution in [3.63, 3.8) is 0 Å². The molecule has 4 nitrogen and oxygen atoms in total. The molecular weight excluding hydrogens is 206 g/mol. The van der Waals surface area contributed by atoms with Crippen LogP contribution in [-0.2, 0) is 17.6 Å². The minimum atomic E-state index is -0.415. The highest BCUT2D eigenvalue weighted by Crippen LogP contribution is 2.27. The van der Waals surface area contributed by atoms with Crippen LogP contribution in [0.4, 0.5) is 0 Å². The second kappa shape index (κ2) is 5.49. The Balaban J connectivity index is 3.37. The fourth-order valence-electron chi connectivity index (χ4n) is 1.73. The molecule has 1 aromatic rings. The molecule has 1 heterocycles. The molecule has 1 rings (SSSR count). The largest absolute Gasteiger partial charge is 0.495 e. The third-order valence-corrected chi connectivity index (χ3v) is 2.51. The summed E-state index contributed by atoms with van der Waals surface area (Å²) in [5, 5.41) is 0. The first kappa shape index (κ1) is 12.5. The molecule has 1 aromatic heterocycles. The number of ether oxygens (including phenoxy) is 2. The molecule has 0 spiro atoms. The molecule has 0 radical (unpaired) electrons. The zero-order chi connectivity index (χ0) is 12.1. The molecule has 0 saturated carbocycles. The summed E-state index contributed by atoms with van der Waals surface area (Å²) in [6, 6.07) is 0.